The van der Waals surface area contributed by atoms with Crippen LogP contribution in [0.1, 0.15) is 54.5 Å². The van der Waals surface area contributed by atoms with Crippen molar-refractivity contribution in [3.8, 4) is 0 Å². The number of amides is 5. The Bertz CT molecular complexity index is 1410. The lowest BCUT2D eigenvalue weighted by atomic mass is 9.94. The van der Waals surface area contributed by atoms with E-state index < -0.39 is 65.7 Å². The number of ether oxygens (including phenoxy) is 1. The van der Waals surface area contributed by atoms with Crippen molar-refractivity contribution in [3.05, 3.63) is 64.5 Å². The van der Waals surface area contributed by atoms with E-state index in [4.69, 9.17) is 4.74 Å². The molecule has 2 fully saturated rings. The van der Waals surface area contributed by atoms with E-state index in [0.29, 0.717) is 40.6 Å². The number of carbonyl (C=O) groups excluding carboxylic acids is 4. The van der Waals surface area contributed by atoms with Crippen molar-refractivity contribution in [1.82, 2.24) is 15.1 Å². The molecule has 2 aliphatic heterocycles. The predicted octanol–water partition coefficient (Wildman–Crippen LogP) is 4.47. The number of anilines is 1. The van der Waals surface area contributed by atoms with E-state index in [1.54, 1.807) is 25.1 Å². The molecule has 2 aromatic carbocycles. The summed E-state index contributed by atoms with van der Waals surface area (Å²) >= 11 is 0. The molecular weight excluding hydrogens is 536 g/mol. The van der Waals surface area contributed by atoms with Gasteiger partial charge in [0, 0.05) is 30.8 Å². The van der Waals surface area contributed by atoms with Crippen LogP contribution < -0.4 is 10.6 Å². The zero-order valence-corrected chi connectivity index (χ0v) is 21.6. The predicted molar refractivity (Wildman–Crippen MR) is 132 cm³/mol. The number of imide groups is 1. The van der Waals surface area contributed by atoms with Crippen LogP contribution in [-0.2, 0) is 32.5 Å². The number of alkyl halides is 3. The van der Waals surface area contributed by atoms with Gasteiger partial charge in [-0.25, -0.2) is 18.9 Å². The minimum atomic E-state index is -4.84. The number of carbonyl (C=O) groups is 4. The number of urea groups is 1. The lowest BCUT2D eigenvalue weighted by Gasteiger charge is -2.31. The van der Waals surface area contributed by atoms with Gasteiger partial charge in [-0.05, 0) is 61.6 Å². The summed E-state index contributed by atoms with van der Waals surface area (Å²) in [6.07, 6.45) is -4.79. The lowest BCUT2D eigenvalue weighted by molar-refractivity contribution is -0.144. The largest absolute Gasteiger partial charge is 0.427 e. The fraction of sp³-hybridized carbons (Fsp3) is 0.407. The van der Waals surface area contributed by atoms with Crippen LogP contribution in [0.2, 0.25) is 0 Å². The van der Waals surface area contributed by atoms with Crippen LogP contribution in [-0.4, -0.2) is 53.4 Å². The van der Waals surface area contributed by atoms with Crippen molar-refractivity contribution < 1.29 is 41.5 Å². The topological polar surface area (TPSA) is 108 Å². The average Bonchev–Trinajstić information content (AvgIpc) is 3.53. The summed E-state index contributed by atoms with van der Waals surface area (Å²) in [5, 5.41) is 5.06. The van der Waals surface area contributed by atoms with Gasteiger partial charge in [0.05, 0.1) is 11.6 Å². The number of nitrogens with one attached hydrogen (secondary N) is 2. The minimum absolute atomic E-state index is 0.133. The molecule has 1 aliphatic carbocycles. The number of fused-ring (bicyclic) bond motifs is 2. The van der Waals surface area contributed by atoms with Crippen LogP contribution in [0.15, 0.2) is 36.4 Å². The Hall–Kier alpha value is -4.16. The zero-order chi connectivity index (χ0) is 29.0. The fourth-order valence-corrected chi connectivity index (χ4v) is 5.92. The zero-order valence-electron chi connectivity index (χ0n) is 21.6. The van der Waals surface area contributed by atoms with E-state index in [1.165, 1.54) is 11.9 Å². The van der Waals surface area contributed by atoms with Crippen molar-refractivity contribution in [1.29, 1.82) is 0 Å². The molecule has 5 amide bonds. The molecule has 40 heavy (non-hydrogen) atoms. The Morgan fingerprint density at radius 2 is 1.88 bits per heavy atom. The number of nitrogens with zero attached hydrogens (tertiary/aromatic N) is 2. The highest BCUT2D eigenvalue weighted by atomic mass is 19.4. The maximum absolute atomic E-state index is 13.7. The van der Waals surface area contributed by atoms with E-state index >= 15 is 0 Å². The van der Waals surface area contributed by atoms with E-state index in [-0.39, 0.29) is 18.4 Å². The number of hydrogen-bond acceptors (Lipinski definition) is 5. The van der Waals surface area contributed by atoms with Crippen molar-refractivity contribution in [2.24, 2.45) is 0 Å². The first-order valence-electron chi connectivity index (χ1n) is 12.7. The van der Waals surface area contributed by atoms with E-state index in [0.717, 1.165) is 12.1 Å². The van der Waals surface area contributed by atoms with Gasteiger partial charge in [0.1, 0.15) is 12.4 Å². The molecule has 13 heteroatoms. The number of halogens is 4. The molecule has 1 spiro atoms. The molecule has 2 saturated heterocycles. The summed E-state index contributed by atoms with van der Waals surface area (Å²) in [6, 6.07) is 5.22. The summed E-state index contributed by atoms with van der Waals surface area (Å²) in [5.74, 6) is -2.51. The quantitative estimate of drug-likeness (QED) is 0.535. The number of aryl methyl sites for hydroxylation is 1. The highest BCUT2D eigenvalue weighted by Gasteiger charge is 2.58. The van der Waals surface area contributed by atoms with Gasteiger partial charge in [0.2, 0.25) is 11.5 Å². The minimum Gasteiger partial charge on any atom is -0.427 e. The summed E-state index contributed by atoms with van der Waals surface area (Å²) in [7, 11) is 1.46. The molecular formula is C27H26F4N4O5. The normalized spacial score (nSPS) is 23.9. The molecule has 0 saturated carbocycles. The summed E-state index contributed by atoms with van der Waals surface area (Å²) in [4.78, 5) is 53.4. The second-order valence-electron chi connectivity index (χ2n) is 10.1. The van der Waals surface area contributed by atoms with Crippen LogP contribution >= 0.6 is 0 Å². The molecule has 2 unspecified atom stereocenters. The Kier molecular flexibility index (Phi) is 6.71. The maximum Gasteiger partial charge on any atom is 0.418 e. The molecule has 5 rings (SSSR count). The van der Waals surface area contributed by atoms with Crippen LogP contribution in [0, 0.1) is 5.82 Å². The molecule has 2 N–H and O–H groups in total. The molecule has 212 valence electrons. The van der Waals surface area contributed by atoms with Gasteiger partial charge in [0.25, 0.3) is 5.91 Å². The van der Waals surface area contributed by atoms with Gasteiger partial charge >= 0.3 is 18.3 Å². The molecule has 2 aromatic rings. The molecule has 3 atom stereocenters. The molecule has 0 aromatic heterocycles. The van der Waals surface area contributed by atoms with E-state index in [1.807, 2.05) is 0 Å². The van der Waals surface area contributed by atoms with Crippen molar-refractivity contribution in [3.63, 3.8) is 0 Å². The smallest absolute Gasteiger partial charge is 0.418 e. The van der Waals surface area contributed by atoms with Crippen molar-refractivity contribution >= 4 is 29.6 Å². The Morgan fingerprint density at radius 3 is 2.58 bits per heavy atom. The average molecular weight is 563 g/mol. The van der Waals surface area contributed by atoms with Crippen LogP contribution in [0.25, 0.3) is 0 Å². The molecule has 3 aliphatic rings. The van der Waals surface area contributed by atoms with Gasteiger partial charge in [-0.1, -0.05) is 12.1 Å². The number of benzene rings is 2. The Labute approximate surface area is 226 Å². The maximum atomic E-state index is 13.7. The van der Waals surface area contributed by atoms with Gasteiger partial charge < -0.3 is 20.3 Å². The van der Waals surface area contributed by atoms with Crippen molar-refractivity contribution in [2.45, 2.75) is 56.5 Å². The monoisotopic (exact) mass is 562 g/mol. The van der Waals surface area contributed by atoms with Crippen LogP contribution in [0.5, 0.6) is 0 Å². The molecule has 9 nitrogen and oxygen atoms in total. The summed E-state index contributed by atoms with van der Waals surface area (Å²) in [5.41, 5.74) is -1.44. The SMILES string of the molecule is CNC(=O)Nc1ccc2c(c1)CC[C@@]21OC(=O)N(CC(=O)N2C(C)CCC2c2ccc(F)cc2C(F)(F)F)C1=O. The third-order valence-corrected chi connectivity index (χ3v) is 7.77. The highest BCUT2D eigenvalue weighted by Crippen LogP contribution is 2.47. The van der Waals surface area contributed by atoms with Crippen LogP contribution in [0.3, 0.4) is 0 Å². The second kappa shape index (κ2) is 9.79. The summed E-state index contributed by atoms with van der Waals surface area (Å²) in [6.45, 7) is 0.951. The third-order valence-electron chi connectivity index (χ3n) is 7.77. The number of rotatable bonds is 4. The molecule has 0 bridgehead atoms. The van der Waals surface area contributed by atoms with Gasteiger partial charge in [0.15, 0.2) is 0 Å². The lowest BCUT2D eigenvalue weighted by Crippen LogP contribution is -2.46. The second-order valence-corrected chi connectivity index (χ2v) is 10.1. The standard InChI is InChI=1S/C27H26F4N4O5/c1-14-3-8-21(18-6-4-16(28)12-20(18)27(29,30)31)35(14)22(36)13-34-23(37)26(40-25(34)39)10-9-15-11-17(5-7-19(15)26)33-24(38)32-2/h4-7,11-12,14,21H,3,8-10,13H2,1-2H3,(H2,32,33,38)/t14?,21?,26-/m1/s1. The summed E-state index contributed by atoms with van der Waals surface area (Å²) < 4.78 is 60.4. The van der Waals surface area contributed by atoms with Gasteiger partial charge in [-0.15, -0.1) is 0 Å². The first-order chi connectivity index (χ1) is 18.9. The first kappa shape index (κ1) is 27.4. The van der Waals surface area contributed by atoms with E-state index in [2.05, 4.69) is 10.6 Å². The number of likely N-dealkylation sites (tertiary alicyclic amines) is 1. The van der Waals surface area contributed by atoms with Crippen molar-refractivity contribution in [2.75, 3.05) is 18.9 Å². The Morgan fingerprint density at radius 1 is 1.12 bits per heavy atom. The Balaban J connectivity index is 1.39. The molecule has 2 heterocycles. The van der Waals surface area contributed by atoms with Crippen LogP contribution in [0.4, 0.5) is 32.8 Å². The molecule has 0 radical (unpaired) electrons. The number of hydrogen-bond donors (Lipinski definition) is 2. The van der Waals surface area contributed by atoms with Gasteiger partial charge in [-0.3, -0.25) is 9.59 Å². The fourth-order valence-electron chi connectivity index (χ4n) is 5.92. The highest BCUT2D eigenvalue weighted by molar-refractivity contribution is 6.06. The first-order valence-corrected chi connectivity index (χ1v) is 12.7. The van der Waals surface area contributed by atoms with E-state index in [9.17, 15) is 36.7 Å². The van der Waals surface area contributed by atoms with Gasteiger partial charge in [-0.2, -0.15) is 13.2 Å². The third kappa shape index (κ3) is 4.52.